The number of halogens is 1. The van der Waals surface area contributed by atoms with E-state index in [-0.39, 0.29) is 0 Å². The van der Waals surface area contributed by atoms with E-state index in [1.165, 1.54) is 0 Å². The first-order valence-corrected chi connectivity index (χ1v) is 3.69. The molecule has 60 valence electrons. The SMILES string of the molecule is CCc1noc(C)c1C(=O)Cl. The summed E-state index contributed by atoms with van der Waals surface area (Å²) in [5, 5.41) is 3.18. The van der Waals surface area contributed by atoms with E-state index in [0.29, 0.717) is 23.4 Å². The molecule has 0 aromatic carbocycles. The minimum Gasteiger partial charge on any atom is -0.361 e. The lowest BCUT2D eigenvalue weighted by molar-refractivity contribution is 0.107. The first-order valence-electron chi connectivity index (χ1n) is 3.31. The number of hydrogen-bond acceptors (Lipinski definition) is 3. The third-order valence-corrected chi connectivity index (χ3v) is 1.65. The van der Waals surface area contributed by atoms with Gasteiger partial charge in [-0.05, 0) is 24.9 Å². The predicted molar refractivity (Wildman–Crippen MR) is 40.8 cm³/mol. The second-order valence-electron chi connectivity index (χ2n) is 2.19. The van der Waals surface area contributed by atoms with Crippen molar-refractivity contribution in [3.63, 3.8) is 0 Å². The van der Waals surface area contributed by atoms with E-state index in [0.717, 1.165) is 0 Å². The molecule has 0 unspecified atom stereocenters. The normalized spacial score (nSPS) is 10.1. The first-order chi connectivity index (χ1) is 5.16. The molecule has 0 fully saturated rings. The van der Waals surface area contributed by atoms with Gasteiger partial charge in [0, 0.05) is 0 Å². The number of carbonyl (C=O) groups excluding carboxylic acids is 1. The molecule has 0 bridgehead atoms. The Balaban J connectivity index is 3.17. The quantitative estimate of drug-likeness (QED) is 0.642. The molecule has 0 atom stereocenters. The lowest BCUT2D eigenvalue weighted by Crippen LogP contribution is -1.94. The molecule has 0 aliphatic rings. The summed E-state index contributed by atoms with van der Waals surface area (Å²) in [7, 11) is 0. The number of aryl methyl sites for hydroxylation is 2. The van der Waals surface area contributed by atoms with Gasteiger partial charge in [0.25, 0.3) is 5.24 Å². The molecule has 11 heavy (non-hydrogen) atoms. The summed E-state index contributed by atoms with van der Waals surface area (Å²) in [4.78, 5) is 10.8. The van der Waals surface area contributed by atoms with Crippen LogP contribution >= 0.6 is 11.6 Å². The predicted octanol–water partition coefficient (Wildman–Crippen LogP) is 1.92. The Morgan fingerprint density at radius 2 is 2.36 bits per heavy atom. The van der Waals surface area contributed by atoms with Gasteiger partial charge in [-0.25, -0.2) is 0 Å². The molecule has 0 aliphatic heterocycles. The number of aromatic nitrogens is 1. The van der Waals surface area contributed by atoms with Crippen molar-refractivity contribution in [1.82, 2.24) is 5.16 Å². The van der Waals surface area contributed by atoms with Crippen LogP contribution in [0.5, 0.6) is 0 Å². The van der Waals surface area contributed by atoms with Crippen LogP contribution in [0, 0.1) is 6.92 Å². The third-order valence-electron chi connectivity index (χ3n) is 1.46. The Morgan fingerprint density at radius 3 is 2.73 bits per heavy atom. The fraction of sp³-hybridized carbons (Fsp3) is 0.429. The molecule has 4 heteroatoms. The number of nitrogens with zero attached hydrogens (tertiary/aromatic N) is 1. The molecule has 1 heterocycles. The van der Waals surface area contributed by atoms with Crippen LogP contribution in [0.4, 0.5) is 0 Å². The van der Waals surface area contributed by atoms with E-state index < -0.39 is 5.24 Å². The summed E-state index contributed by atoms with van der Waals surface area (Å²) in [6, 6.07) is 0. The molecule has 0 saturated heterocycles. The van der Waals surface area contributed by atoms with Gasteiger partial charge < -0.3 is 4.52 Å². The lowest BCUT2D eigenvalue weighted by atomic mass is 10.2. The monoisotopic (exact) mass is 173 g/mol. The van der Waals surface area contributed by atoms with Gasteiger partial charge in [-0.1, -0.05) is 12.1 Å². The Morgan fingerprint density at radius 1 is 1.73 bits per heavy atom. The Bertz CT molecular complexity index is 280. The summed E-state index contributed by atoms with van der Waals surface area (Å²) in [6.07, 6.45) is 0.658. The van der Waals surface area contributed by atoms with E-state index in [1.54, 1.807) is 6.92 Å². The minimum absolute atomic E-state index is 0.411. The molecular formula is C7H8ClNO2. The van der Waals surface area contributed by atoms with Crippen molar-refractivity contribution in [3.8, 4) is 0 Å². The zero-order valence-corrected chi connectivity index (χ0v) is 7.10. The Kier molecular flexibility index (Phi) is 2.29. The molecule has 0 spiro atoms. The van der Waals surface area contributed by atoms with Gasteiger partial charge in [0.15, 0.2) is 0 Å². The first kappa shape index (κ1) is 8.27. The maximum Gasteiger partial charge on any atom is 0.257 e. The van der Waals surface area contributed by atoms with Crippen molar-refractivity contribution in [3.05, 3.63) is 17.0 Å². The molecule has 0 amide bonds. The summed E-state index contributed by atoms with van der Waals surface area (Å²) in [5.41, 5.74) is 1.04. The average molecular weight is 174 g/mol. The molecule has 3 nitrogen and oxygen atoms in total. The van der Waals surface area contributed by atoms with Crippen LogP contribution in [-0.2, 0) is 6.42 Å². The van der Waals surface area contributed by atoms with Crippen LogP contribution < -0.4 is 0 Å². The summed E-state index contributed by atoms with van der Waals surface area (Å²) in [5.74, 6) is 0.488. The van der Waals surface area contributed by atoms with Crippen LogP contribution in [0.1, 0.15) is 28.7 Å². The van der Waals surface area contributed by atoms with Crippen LogP contribution in [0.2, 0.25) is 0 Å². The molecule has 0 aliphatic carbocycles. The summed E-state index contributed by atoms with van der Waals surface area (Å²) in [6.45, 7) is 3.56. The highest BCUT2D eigenvalue weighted by Gasteiger charge is 2.16. The van der Waals surface area contributed by atoms with Gasteiger partial charge >= 0.3 is 0 Å². The molecule has 0 saturated carbocycles. The van der Waals surface area contributed by atoms with Crippen LogP contribution in [0.3, 0.4) is 0 Å². The summed E-state index contributed by atoms with van der Waals surface area (Å²) >= 11 is 5.29. The van der Waals surface area contributed by atoms with Gasteiger partial charge in [-0.15, -0.1) is 0 Å². The minimum atomic E-state index is -0.499. The fourth-order valence-corrected chi connectivity index (χ4v) is 1.15. The fourth-order valence-electron chi connectivity index (χ4n) is 0.911. The van der Waals surface area contributed by atoms with Crippen molar-refractivity contribution >= 4 is 16.8 Å². The van der Waals surface area contributed by atoms with Crippen molar-refractivity contribution in [2.45, 2.75) is 20.3 Å². The highest BCUT2D eigenvalue weighted by atomic mass is 35.5. The average Bonchev–Trinajstić information content (AvgIpc) is 2.30. The van der Waals surface area contributed by atoms with Crippen LogP contribution in [-0.4, -0.2) is 10.4 Å². The molecule has 1 aromatic heterocycles. The van der Waals surface area contributed by atoms with Gasteiger partial charge in [0.2, 0.25) is 0 Å². The topological polar surface area (TPSA) is 43.1 Å². The van der Waals surface area contributed by atoms with E-state index in [4.69, 9.17) is 16.1 Å². The molecule has 1 aromatic rings. The second kappa shape index (κ2) is 3.05. The van der Waals surface area contributed by atoms with Crippen molar-refractivity contribution < 1.29 is 9.32 Å². The summed E-state index contributed by atoms with van der Waals surface area (Å²) < 4.78 is 4.79. The van der Waals surface area contributed by atoms with E-state index in [2.05, 4.69) is 5.16 Å². The number of hydrogen-bond donors (Lipinski definition) is 0. The zero-order chi connectivity index (χ0) is 8.43. The molecule has 1 rings (SSSR count). The Labute approximate surface area is 69.3 Å². The standard InChI is InChI=1S/C7H8ClNO2/c1-3-5-6(7(8)10)4(2)11-9-5/h3H2,1-2H3. The van der Waals surface area contributed by atoms with E-state index in [9.17, 15) is 4.79 Å². The molecular weight excluding hydrogens is 166 g/mol. The number of carbonyl (C=O) groups is 1. The largest absolute Gasteiger partial charge is 0.361 e. The highest BCUT2D eigenvalue weighted by molar-refractivity contribution is 6.68. The van der Waals surface area contributed by atoms with Gasteiger partial charge in [-0.3, -0.25) is 4.79 Å². The lowest BCUT2D eigenvalue weighted by Gasteiger charge is -1.89. The van der Waals surface area contributed by atoms with E-state index >= 15 is 0 Å². The second-order valence-corrected chi connectivity index (χ2v) is 2.53. The Hall–Kier alpha value is -0.830. The maximum absolute atomic E-state index is 10.8. The molecule has 0 radical (unpaired) electrons. The highest BCUT2D eigenvalue weighted by Crippen LogP contribution is 2.15. The van der Waals surface area contributed by atoms with Gasteiger partial charge in [0.1, 0.15) is 5.76 Å². The van der Waals surface area contributed by atoms with Crippen molar-refractivity contribution in [2.24, 2.45) is 0 Å². The number of rotatable bonds is 2. The van der Waals surface area contributed by atoms with Gasteiger partial charge in [0.05, 0.1) is 11.3 Å². The van der Waals surface area contributed by atoms with Crippen LogP contribution in [0.25, 0.3) is 0 Å². The van der Waals surface area contributed by atoms with Crippen molar-refractivity contribution in [1.29, 1.82) is 0 Å². The zero-order valence-electron chi connectivity index (χ0n) is 6.35. The van der Waals surface area contributed by atoms with Crippen molar-refractivity contribution in [2.75, 3.05) is 0 Å². The van der Waals surface area contributed by atoms with Gasteiger partial charge in [-0.2, -0.15) is 0 Å². The van der Waals surface area contributed by atoms with E-state index in [1.807, 2.05) is 6.92 Å². The smallest absolute Gasteiger partial charge is 0.257 e. The maximum atomic E-state index is 10.8. The third kappa shape index (κ3) is 1.43. The van der Waals surface area contributed by atoms with Crippen LogP contribution in [0.15, 0.2) is 4.52 Å². The molecule has 0 N–H and O–H groups in total.